The number of para-hydroxylation sites is 1. The molecule has 92 valence electrons. The summed E-state index contributed by atoms with van der Waals surface area (Å²) in [5.74, 6) is 0.141. The van der Waals surface area contributed by atoms with Crippen LogP contribution in [-0.4, -0.2) is 36.5 Å². The van der Waals surface area contributed by atoms with E-state index >= 15 is 0 Å². The molecule has 4 heteroatoms. The van der Waals surface area contributed by atoms with Crippen molar-refractivity contribution in [2.24, 2.45) is 5.73 Å². The minimum absolute atomic E-state index is 0.141. The zero-order chi connectivity index (χ0) is 12.1. The van der Waals surface area contributed by atoms with E-state index in [1.165, 1.54) is 0 Å². The molecule has 1 aromatic rings. The lowest BCUT2D eigenvalue weighted by molar-refractivity contribution is -0.129. The van der Waals surface area contributed by atoms with Crippen molar-refractivity contribution in [1.82, 2.24) is 4.90 Å². The summed E-state index contributed by atoms with van der Waals surface area (Å²) in [5.41, 5.74) is 6.63. The molecule has 0 aliphatic carbocycles. The summed E-state index contributed by atoms with van der Waals surface area (Å²) in [6.45, 7) is 1.76. The highest BCUT2D eigenvalue weighted by molar-refractivity contribution is 5.81. The molecule has 1 atom stereocenters. The van der Waals surface area contributed by atoms with E-state index in [-0.39, 0.29) is 11.9 Å². The number of nitrogens with zero attached hydrogens (tertiary/aromatic N) is 1. The van der Waals surface area contributed by atoms with Crippen LogP contribution in [0, 0.1) is 0 Å². The van der Waals surface area contributed by atoms with Crippen molar-refractivity contribution >= 4 is 11.6 Å². The number of nitrogens with two attached hydrogens (primary N) is 1. The Morgan fingerprint density at radius 2 is 2.18 bits per heavy atom. The van der Waals surface area contributed by atoms with E-state index in [4.69, 9.17) is 5.73 Å². The van der Waals surface area contributed by atoms with Crippen LogP contribution in [0.3, 0.4) is 0 Å². The fourth-order valence-electron chi connectivity index (χ4n) is 2.24. The normalized spacial score (nSPS) is 19.4. The summed E-state index contributed by atoms with van der Waals surface area (Å²) in [6.07, 6.45) is 2.10. The first-order chi connectivity index (χ1) is 8.31. The number of nitrogens with one attached hydrogen (secondary N) is 1. The summed E-state index contributed by atoms with van der Waals surface area (Å²) in [4.78, 5) is 13.9. The highest BCUT2D eigenvalue weighted by atomic mass is 16.2. The molecule has 1 aliphatic rings. The quantitative estimate of drug-likeness (QED) is 0.817. The van der Waals surface area contributed by atoms with Crippen LogP contribution in [0.1, 0.15) is 12.8 Å². The average Bonchev–Trinajstić information content (AvgIpc) is 2.85. The summed E-state index contributed by atoms with van der Waals surface area (Å²) >= 11 is 0. The summed E-state index contributed by atoms with van der Waals surface area (Å²) in [6, 6.07) is 10.0. The molecule has 1 amide bonds. The van der Waals surface area contributed by atoms with E-state index in [1.807, 2.05) is 35.2 Å². The third kappa shape index (κ3) is 2.97. The molecular formula is C13H19N3O. The Hall–Kier alpha value is -1.55. The largest absolute Gasteiger partial charge is 0.376 e. The van der Waals surface area contributed by atoms with E-state index < -0.39 is 0 Å². The Morgan fingerprint density at radius 3 is 2.88 bits per heavy atom. The van der Waals surface area contributed by atoms with Gasteiger partial charge in [0.15, 0.2) is 0 Å². The van der Waals surface area contributed by atoms with Gasteiger partial charge in [-0.15, -0.1) is 0 Å². The molecule has 0 bridgehead atoms. The minimum atomic E-state index is 0.141. The van der Waals surface area contributed by atoms with Gasteiger partial charge in [0, 0.05) is 24.8 Å². The second kappa shape index (κ2) is 5.68. The monoisotopic (exact) mass is 233 g/mol. The number of carbonyl (C=O) groups excluding carboxylic acids is 1. The summed E-state index contributed by atoms with van der Waals surface area (Å²) in [5, 5.41) is 3.13. The maximum Gasteiger partial charge on any atom is 0.242 e. The molecule has 0 spiro atoms. The highest BCUT2D eigenvalue weighted by Crippen LogP contribution is 2.16. The molecule has 0 aromatic heterocycles. The molecule has 1 unspecified atom stereocenters. The number of rotatable bonds is 4. The van der Waals surface area contributed by atoms with Crippen LogP contribution in [-0.2, 0) is 4.79 Å². The number of anilines is 1. The van der Waals surface area contributed by atoms with Gasteiger partial charge in [0.05, 0.1) is 6.54 Å². The van der Waals surface area contributed by atoms with Gasteiger partial charge < -0.3 is 16.0 Å². The Bertz CT molecular complexity index is 366. The van der Waals surface area contributed by atoms with Crippen LogP contribution in [0.15, 0.2) is 30.3 Å². The predicted molar refractivity (Wildman–Crippen MR) is 68.7 cm³/mol. The zero-order valence-electron chi connectivity index (χ0n) is 9.93. The van der Waals surface area contributed by atoms with Gasteiger partial charge in [0.25, 0.3) is 0 Å². The maximum absolute atomic E-state index is 12.0. The molecule has 0 radical (unpaired) electrons. The van der Waals surface area contributed by atoms with Gasteiger partial charge in [-0.3, -0.25) is 4.79 Å². The van der Waals surface area contributed by atoms with Crippen molar-refractivity contribution in [1.29, 1.82) is 0 Å². The van der Waals surface area contributed by atoms with Crippen LogP contribution in [0.4, 0.5) is 5.69 Å². The van der Waals surface area contributed by atoms with Gasteiger partial charge in [-0.2, -0.15) is 0 Å². The molecule has 1 aliphatic heterocycles. The van der Waals surface area contributed by atoms with E-state index in [0.29, 0.717) is 13.1 Å². The highest BCUT2D eigenvalue weighted by Gasteiger charge is 2.26. The summed E-state index contributed by atoms with van der Waals surface area (Å²) in [7, 11) is 0. The standard InChI is InChI=1S/C13H19N3O/c14-9-12-7-4-8-16(12)13(17)10-15-11-5-2-1-3-6-11/h1-3,5-6,12,15H,4,7-10,14H2. The number of hydrogen-bond donors (Lipinski definition) is 2. The van der Waals surface area contributed by atoms with E-state index in [9.17, 15) is 4.79 Å². The third-order valence-corrected chi connectivity index (χ3v) is 3.19. The molecule has 2 rings (SSSR count). The second-order valence-corrected chi connectivity index (χ2v) is 4.34. The topological polar surface area (TPSA) is 58.4 Å². The summed E-state index contributed by atoms with van der Waals surface area (Å²) < 4.78 is 0. The van der Waals surface area contributed by atoms with Gasteiger partial charge in [-0.25, -0.2) is 0 Å². The zero-order valence-corrected chi connectivity index (χ0v) is 9.93. The van der Waals surface area contributed by atoms with Crippen molar-refractivity contribution in [3.05, 3.63) is 30.3 Å². The first-order valence-electron chi connectivity index (χ1n) is 6.09. The molecule has 17 heavy (non-hydrogen) atoms. The Labute approximate surface area is 102 Å². The molecule has 1 fully saturated rings. The number of hydrogen-bond acceptors (Lipinski definition) is 3. The lowest BCUT2D eigenvalue weighted by Gasteiger charge is -2.23. The predicted octanol–water partition coefficient (Wildman–Crippen LogP) is 1.05. The Kier molecular flexibility index (Phi) is 3.98. The van der Waals surface area contributed by atoms with Crippen molar-refractivity contribution < 1.29 is 4.79 Å². The molecular weight excluding hydrogens is 214 g/mol. The fourth-order valence-corrected chi connectivity index (χ4v) is 2.24. The van der Waals surface area contributed by atoms with E-state index in [1.54, 1.807) is 0 Å². The third-order valence-electron chi connectivity index (χ3n) is 3.19. The lowest BCUT2D eigenvalue weighted by Crippen LogP contribution is -2.42. The van der Waals surface area contributed by atoms with Crippen LogP contribution in [0.25, 0.3) is 0 Å². The van der Waals surface area contributed by atoms with Crippen molar-refractivity contribution in [2.75, 3.05) is 25.0 Å². The molecule has 1 heterocycles. The number of benzene rings is 1. The maximum atomic E-state index is 12.0. The van der Waals surface area contributed by atoms with Crippen molar-refractivity contribution in [3.8, 4) is 0 Å². The smallest absolute Gasteiger partial charge is 0.242 e. The van der Waals surface area contributed by atoms with Crippen LogP contribution < -0.4 is 11.1 Å². The first kappa shape index (κ1) is 11.9. The minimum Gasteiger partial charge on any atom is -0.376 e. The number of amides is 1. The van der Waals surface area contributed by atoms with Crippen LogP contribution >= 0.6 is 0 Å². The molecule has 0 saturated carbocycles. The second-order valence-electron chi connectivity index (χ2n) is 4.34. The average molecular weight is 233 g/mol. The fraction of sp³-hybridized carbons (Fsp3) is 0.462. The first-order valence-corrected chi connectivity index (χ1v) is 6.09. The van der Waals surface area contributed by atoms with E-state index in [0.717, 1.165) is 25.1 Å². The van der Waals surface area contributed by atoms with Crippen LogP contribution in [0.5, 0.6) is 0 Å². The van der Waals surface area contributed by atoms with E-state index in [2.05, 4.69) is 5.32 Å². The molecule has 3 N–H and O–H groups in total. The van der Waals surface area contributed by atoms with Gasteiger partial charge in [0.1, 0.15) is 0 Å². The number of likely N-dealkylation sites (tertiary alicyclic amines) is 1. The lowest BCUT2D eigenvalue weighted by atomic mass is 10.2. The van der Waals surface area contributed by atoms with Crippen molar-refractivity contribution in [2.45, 2.75) is 18.9 Å². The van der Waals surface area contributed by atoms with Gasteiger partial charge in [-0.1, -0.05) is 18.2 Å². The Balaban J connectivity index is 1.85. The SMILES string of the molecule is NCC1CCCN1C(=O)CNc1ccccc1. The van der Waals surface area contributed by atoms with Gasteiger partial charge >= 0.3 is 0 Å². The molecule has 4 nitrogen and oxygen atoms in total. The molecule has 1 aromatic carbocycles. The van der Waals surface area contributed by atoms with Crippen molar-refractivity contribution in [3.63, 3.8) is 0 Å². The van der Waals surface area contributed by atoms with Gasteiger partial charge in [0.2, 0.25) is 5.91 Å². The van der Waals surface area contributed by atoms with Gasteiger partial charge in [-0.05, 0) is 25.0 Å². The molecule has 1 saturated heterocycles. The number of carbonyl (C=O) groups is 1. The Morgan fingerprint density at radius 1 is 1.41 bits per heavy atom. The van der Waals surface area contributed by atoms with Crippen LogP contribution in [0.2, 0.25) is 0 Å².